The lowest BCUT2D eigenvalue weighted by Crippen LogP contribution is -2.47. The van der Waals surface area contributed by atoms with Crippen LogP contribution in [0.3, 0.4) is 0 Å². The maximum atomic E-state index is 12.9. The van der Waals surface area contributed by atoms with Crippen LogP contribution >= 0.6 is 11.6 Å². The Kier molecular flexibility index (Phi) is 8.29. The number of nitrogens with two attached hydrogens (primary N) is 1. The zero-order chi connectivity index (χ0) is 23.2. The van der Waals surface area contributed by atoms with Crippen LogP contribution in [0.15, 0.2) is 42.5 Å². The molecule has 5 nitrogen and oxygen atoms in total. The van der Waals surface area contributed by atoms with Crippen molar-refractivity contribution in [3.8, 4) is 5.75 Å². The molecule has 2 N–H and O–H groups in total. The highest BCUT2D eigenvalue weighted by Crippen LogP contribution is 2.35. The Morgan fingerprint density at radius 1 is 1.09 bits per heavy atom. The summed E-state index contributed by atoms with van der Waals surface area (Å²) in [5.74, 6) is 1.46. The number of hydrogen-bond acceptors (Lipinski definition) is 4. The lowest BCUT2D eigenvalue weighted by Gasteiger charge is -2.34. The predicted molar refractivity (Wildman–Crippen MR) is 134 cm³/mol. The second-order valence-corrected chi connectivity index (χ2v) is 9.91. The smallest absolute Gasteiger partial charge is 0.239 e. The van der Waals surface area contributed by atoms with Gasteiger partial charge in [-0.2, -0.15) is 0 Å². The number of likely N-dealkylation sites (tertiary alicyclic amines) is 2. The fraction of sp³-hybridized carbons (Fsp3) is 0.519. The number of aryl methyl sites for hydroxylation is 1. The number of amides is 1. The highest BCUT2D eigenvalue weighted by atomic mass is 35.5. The Bertz CT molecular complexity index is 919. The van der Waals surface area contributed by atoms with E-state index in [4.69, 9.17) is 22.1 Å². The molecule has 2 saturated heterocycles. The molecule has 1 atom stereocenters. The maximum Gasteiger partial charge on any atom is 0.239 e. The van der Waals surface area contributed by atoms with E-state index in [2.05, 4.69) is 30.0 Å². The summed E-state index contributed by atoms with van der Waals surface area (Å²) < 4.78 is 6.27. The first-order chi connectivity index (χ1) is 16.0. The number of piperidine rings is 1. The normalized spacial score (nSPS) is 18.5. The largest absolute Gasteiger partial charge is 0.492 e. The number of ether oxygens (including phenoxy) is 1. The van der Waals surface area contributed by atoms with E-state index in [1.165, 1.54) is 37.1 Å². The van der Waals surface area contributed by atoms with Crippen LogP contribution in [0.25, 0.3) is 0 Å². The third kappa shape index (κ3) is 6.50. The summed E-state index contributed by atoms with van der Waals surface area (Å²) in [5, 5.41) is 0.691. The summed E-state index contributed by atoms with van der Waals surface area (Å²) in [6, 6.07) is 13.6. The van der Waals surface area contributed by atoms with Crippen molar-refractivity contribution in [2.24, 2.45) is 5.73 Å². The van der Waals surface area contributed by atoms with Crippen molar-refractivity contribution in [2.45, 2.75) is 51.0 Å². The van der Waals surface area contributed by atoms with Gasteiger partial charge in [0.2, 0.25) is 5.91 Å². The van der Waals surface area contributed by atoms with E-state index < -0.39 is 6.04 Å². The zero-order valence-corrected chi connectivity index (χ0v) is 20.4. The van der Waals surface area contributed by atoms with E-state index >= 15 is 0 Å². The average Bonchev–Trinajstić information content (AvgIpc) is 3.34. The Labute approximate surface area is 202 Å². The van der Waals surface area contributed by atoms with E-state index in [9.17, 15) is 4.79 Å². The molecule has 6 heteroatoms. The van der Waals surface area contributed by atoms with Gasteiger partial charge in [0.05, 0.1) is 6.04 Å². The van der Waals surface area contributed by atoms with Gasteiger partial charge in [-0.05, 0) is 92.9 Å². The maximum absolute atomic E-state index is 12.9. The number of hydrogen-bond donors (Lipinski definition) is 1. The Balaban J connectivity index is 1.31. The van der Waals surface area contributed by atoms with E-state index in [-0.39, 0.29) is 5.91 Å². The minimum Gasteiger partial charge on any atom is -0.492 e. The Hall–Kier alpha value is -2.08. The molecule has 2 heterocycles. The van der Waals surface area contributed by atoms with Gasteiger partial charge >= 0.3 is 0 Å². The fourth-order valence-electron chi connectivity index (χ4n) is 5.00. The number of halogens is 1. The molecule has 0 bridgehead atoms. The lowest BCUT2D eigenvalue weighted by molar-refractivity contribution is -0.133. The number of carbonyl (C=O) groups is 1. The molecule has 2 aliphatic rings. The van der Waals surface area contributed by atoms with Crippen LogP contribution < -0.4 is 10.5 Å². The molecule has 2 fully saturated rings. The molecule has 0 aliphatic carbocycles. The summed E-state index contributed by atoms with van der Waals surface area (Å²) in [7, 11) is 0. The van der Waals surface area contributed by atoms with Gasteiger partial charge in [0.1, 0.15) is 12.4 Å². The van der Waals surface area contributed by atoms with Crippen LogP contribution in [0.5, 0.6) is 5.75 Å². The molecule has 0 saturated carbocycles. The molecule has 2 aromatic carbocycles. The molecule has 0 radical (unpaired) electrons. The fourth-order valence-corrected chi connectivity index (χ4v) is 5.13. The Morgan fingerprint density at radius 3 is 2.48 bits per heavy atom. The van der Waals surface area contributed by atoms with Crippen LogP contribution in [0.4, 0.5) is 0 Å². The van der Waals surface area contributed by atoms with Gasteiger partial charge in [0.15, 0.2) is 0 Å². The molecule has 2 aromatic rings. The minimum atomic E-state index is -0.522. The summed E-state index contributed by atoms with van der Waals surface area (Å²) in [5.41, 5.74) is 9.79. The van der Waals surface area contributed by atoms with Crippen LogP contribution in [-0.2, 0) is 11.2 Å². The molecule has 2 aliphatic heterocycles. The molecule has 4 rings (SSSR count). The van der Waals surface area contributed by atoms with Crippen molar-refractivity contribution in [1.82, 2.24) is 9.80 Å². The molecule has 0 unspecified atom stereocenters. The monoisotopic (exact) mass is 469 g/mol. The summed E-state index contributed by atoms with van der Waals surface area (Å²) >= 11 is 5.96. The standard InChI is InChI=1S/C27H36ClN3O2/c1-20-4-9-24(26(18-20)33-17-16-30-12-2-3-13-30)22-10-14-31(15-11-22)27(32)25(29)19-21-5-7-23(28)8-6-21/h4-9,18,22,25H,2-3,10-17,19,29H2,1H3/t25-/m1/s1. The Morgan fingerprint density at radius 2 is 1.79 bits per heavy atom. The first-order valence-electron chi connectivity index (χ1n) is 12.2. The topological polar surface area (TPSA) is 58.8 Å². The quantitative estimate of drug-likeness (QED) is 0.622. The molecular weight excluding hydrogens is 434 g/mol. The summed E-state index contributed by atoms with van der Waals surface area (Å²) in [6.07, 6.45) is 5.01. The van der Waals surface area contributed by atoms with Crippen LogP contribution in [0, 0.1) is 6.92 Å². The van der Waals surface area contributed by atoms with Gasteiger partial charge in [-0.3, -0.25) is 9.69 Å². The number of rotatable bonds is 8. The lowest BCUT2D eigenvalue weighted by atomic mass is 9.88. The molecule has 1 amide bonds. The van der Waals surface area contributed by atoms with Crippen molar-refractivity contribution in [1.29, 1.82) is 0 Å². The predicted octanol–water partition coefficient (Wildman–Crippen LogP) is 4.40. The van der Waals surface area contributed by atoms with Gasteiger partial charge in [0, 0.05) is 24.7 Å². The van der Waals surface area contributed by atoms with Crippen molar-refractivity contribution < 1.29 is 9.53 Å². The van der Waals surface area contributed by atoms with Crippen LogP contribution in [0.1, 0.15) is 48.3 Å². The summed E-state index contributed by atoms with van der Waals surface area (Å²) in [4.78, 5) is 17.3. The first-order valence-corrected chi connectivity index (χ1v) is 12.6. The molecular formula is C27H36ClN3O2. The molecule has 178 valence electrons. The molecule has 0 aromatic heterocycles. The van der Waals surface area contributed by atoms with Gasteiger partial charge in [-0.25, -0.2) is 0 Å². The van der Waals surface area contributed by atoms with E-state index in [0.29, 0.717) is 17.4 Å². The minimum absolute atomic E-state index is 0.0365. The van der Waals surface area contributed by atoms with E-state index in [1.807, 2.05) is 29.2 Å². The number of benzene rings is 2. The van der Waals surface area contributed by atoms with Gasteiger partial charge in [-0.15, -0.1) is 0 Å². The van der Waals surface area contributed by atoms with Crippen LogP contribution in [-0.4, -0.2) is 61.1 Å². The average molecular weight is 470 g/mol. The second-order valence-electron chi connectivity index (χ2n) is 9.48. The highest BCUT2D eigenvalue weighted by molar-refractivity contribution is 6.30. The van der Waals surface area contributed by atoms with Crippen molar-refractivity contribution in [3.63, 3.8) is 0 Å². The second kappa shape index (κ2) is 11.4. The third-order valence-corrected chi connectivity index (χ3v) is 7.22. The molecule has 33 heavy (non-hydrogen) atoms. The zero-order valence-electron chi connectivity index (χ0n) is 19.6. The van der Waals surface area contributed by atoms with Gasteiger partial charge in [0.25, 0.3) is 0 Å². The number of nitrogens with zero attached hydrogens (tertiary/aromatic N) is 2. The highest BCUT2D eigenvalue weighted by Gasteiger charge is 2.28. The van der Waals surface area contributed by atoms with Gasteiger partial charge < -0.3 is 15.4 Å². The van der Waals surface area contributed by atoms with Crippen LogP contribution in [0.2, 0.25) is 5.02 Å². The third-order valence-electron chi connectivity index (χ3n) is 6.97. The molecule has 0 spiro atoms. The van der Waals surface area contributed by atoms with E-state index in [1.54, 1.807) is 0 Å². The first kappa shape index (κ1) is 24.1. The van der Waals surface area contributed by atoms with Crippen molar-refractivity contribution >= 4 is 17.5 Å². The van der Waals surface area contributed by atoms with Crippen molar-refractivity contribution in [2.75, 3.05) is 39.3 Å². The summed E-state index contributed by atoms with van der Waals surface area (Å²) in [6.45, 7) is 7.69. The van der Waals surface area contributed by atoms with Crippen molar-refractivity contribution in [3.05, 3.63) is 64.2 Å². The SMILES string of the molecule is Cc1ccc(C2CCN(C(=O)[C@H](N)Cc3ccc(Cl)cc3)CC2)c(OCCN2CCCC2)c1. The van der Waals surface area contributed by atoms with Gasteiger partial charge in [-0.1, -0.05) is 35.9 Å². The van der Waals surface area contributed by atoms with E-state index in [0.717, 1.165) is 50.4 Å². The number of carbonyl (C=O) groups excluding carboxylic acids is 1.